The van der Waals surface area contributed by atoms with Crippen LogP contribution in [0.25, 0.3) is 0 Å². The van der Waals surface area contributed by atoms with Crippen LogP contribution in [0.5, 0.6) is 0 Å². The predicted octanol–water partition coefficient (Wildman–Crippen LogP) is 1.42. The number of carbonyl (C=O) groups excluding carboxylic acids is 4. The molecule has 10 nitrogen and oxygen atoms in total. The molecule has 12 heteroatoms. The highest BCUT2D eigenvalue weighted by Gasteiger charge is 2.28. The topological polar surface area (TPSA) is 148 Å². The maximum atomic E-state index is 12.3. The standard InChI is InChI=1S/C17H18Cl2N2O8/c1-8(20-17(27)28-2)15(25)21-11(6-13(23)24)12(22)7-29-16(26)14-9(18)4-3-5-10(14)19/h3-5,8,11H,6-7H2,1-2H3,(H,20,27)(H,21,25)(H,23,24). The van der Waals surface area contributed by atoms with Gasteiger partial charge >= 0.3 is 18.0 Å². The van der Waals surface area contributed by atoms with Crippen molar-refractivity contribution in [1.29, 1.82) is 0 Å². The number of nitrogens with one attached hydrogen (secondary N) is 2. The van der Waals surface area contributed by atoms with Crippen molar-refractivity contribution in [3.63, 3.8) is 0 Å². The molecule has 29 heavy (non-hydrogen) atoms. The summed E-state index contributed by atoms with van der Waals surface area (Å²) in [4.78, 5) is 58.6. The van der Waals surface area contributed by atoms with E-state index in [0.29, 0.717) is 0 Å². The molecule has 2 atom stereocenters. The second-order valence-corrected chi connectivity index (χ2v) is 6.47. The van der Waals surface area contributed by atoms with Crippen molar-refractivity contribution in [2.45, 2.75) is 25.4 Å². The number of halogens is 2. The Morgan fingerprint density at radius 1 is 1.10 bits per heavy atom. The largest absolute Gasteiger partial charge is 0.481 e. The summed E-state index contributed by atoms with van der Waals surface area (Å²) in [6.07, 6.45) is -1.65. The minimum atomic E-state index is -1.50. The number of ether oxygens (including phenoxy) is 2. The van der Waals surface area contributed by atoms with Gasteiger partial charge in [0.25, 0.3) is 0 Å². The van der Waals surface area contributed by atoms with Crippen molar-refractivity contribution in [2.24, 2.45) is 0 Å². The number of esters is 1. The Labute approximate surface area is 175 Å². The average Bonchev–Trinajstić information content (AvgIpc) is 2.64. The molecule has 158 valence electrons. The minimum absolute atomic E-state index is 0.00745. The van der Waals surface area contributed by atoms with Crippen LogP contribution in [0, 0.1) is 0 Å². The van der Waals surface area contributed by atoms with Crippen LogP contribution in [0.4, 0.5) is 4.79 Å². The van der Waals surface area contributed by atoms with E-state index >= 15 is 0 Å². The smallest absolute Gasteiger partial charge is 0.407 e. The lowest BCUT2D eigenvalue weighted by Crippen LogP contribution is -2.51. The molecule has 0 aliphatic rings. The van der Waals surface area contributed by atoms with Crippen LogP contribution in [0.3, 0.4) is 0 Å². The fourth-order valence-electron chi connectivity index (χ4n) is 2.02. The Balaban J connectivity index is 2.78. The van der Waals surface area contributed by atoms with E-state index in [1.165, 1.54) is 25.1 Å². The Morgan fingerprint density at radius 2 is 1.69 bits per heavy atom. The molecule has 1 rings (SSSR count). The molecule has 2 amide bonds. The molecule has 0 aromatic heterocycles. The summed E-state index contributed by atoms with van der Waals surface area (Å²) in [7, 11) is 1.09. The normalized spacial score (nSPS) is 12.3. The second kappa shape index (κ2) is 11.2. The summed E-state index contributed by atoms with van der Waals surface area (Å²) < 4.78 is 9.19. The third kappa shape index (κ3) is 7.59. The molecule has 0 radical (unpaired) electrons. The van der Waals surface area contributed by atoms with Gasteiger partial charge < -0.3 is 25.2 Å². The molecule has 1 aromatic carbocycles. The number of carboxylic acids is 1. The second-order valence-electron chi connectivity index (χ2n) is 5.66. The molecular formula is C17H18Cl2N2O8. The van der Waals surface area contributed by atoms with Crippen LogP contribution in [0.2, 0.25) is 10.0 Å². The maximum Gasteiger partial charge on any atom is 0.407 e. The van der Waals surface area contributed by atoms with E-state index < -0.39 is 54.8 Å². The van der Waals surface area contributed by atoms with Gasteiger partial charge in [-0.2, -0.15) is 0 Å². The van der Waals surface area contributed by atoms with Gasteiger partial charge in [-0.15, -0.1) is 0 Å². The lowest BCUT2D eigenvalue weighted by molar-refractivity contribution is -0.140. The fraction of sp³-hybridized carbons (Fsp3) is 0.353. The maximum absolute atomic E-state index is 12.3. The zero-order valence-corrected chi connectivity index (χ0v) is 16.9. The third-order valence-corrected chi connectivity index (χ3v) is 4.14. The van der Waals surface area contributed by atoms with Crippen molar-refractivity contribution in [2.75, 3.05) is 13.7 Å². The van der Waals surface area contributed by atoms with Crippen molar-refractivity contribution >= 4 is 52.9 Å². The van der Waals surface area contributed by atoms with Gasteiger partial charge in [-0.3, -0.25) is 14.4 Å². The number of hydrogen-bond acceptors (Lipinski definition) is 7. The molecule has 0 fully saturated rings. The average molecular weight is 449 g/mol. The van der Waals surface area contributed by atoms with Gasteiger partial charge in [-0.1, -0.05) is 29.3 Å². The summed E-state index contributed by atoms with van der Waals surface area (Å²) in [5.74, 6) is -4.09. The molecular weight excluding hydrogens is 431 g/mol. The molecule has 0 bridgehead atoms. The number of alkyl carbamates (subject to hydrolysis) is 1. The van der Waals surface area contributed by atoms with Gasteiger partial charge in [0.1, 0.15) is 12.1 Å². The van der Waals surface area contributed by atoms with E-state index in [0.717, 1.165) is 7.11 Å². The van der Waals surface area contributed by atoms with Crippen molar-refractivity contribution in [3.05, 3.63) is 33.8 Å². The van der Waals surface area contributed by atoms with Gasteiger partial charge in [0.2, 0.25) is 5.91 Å². The first kappa shape index (κ1) is 24.2. The number of hydrogen-bond donors (Lipinski definition) is 3. The first-order valence-corrected chi connectivity index (χ1v) is 8.82. The van der Waals surface area contributed by atoms with Gasteiger partial charge in [-0.05, 0) is 19.1 Å². The summed E-state index contributed by atoms with van der Waals surface area (Å²) in [6.45, 7) is 0.464. The summed E-state index contributed by atoms with van der Waals surface area (Å²) >= 11 is 11.8. The number of carboxylic acid groups (broad SMARTS) is 1. The first-order chi connectivity index (χ1) is 13.6. The highest BCUT2D eigenvalue weighted by molar-refractivity contribution is 6.39. The van der Waals surface area contributed by atoms with Crippen LogP contribution >= 0.6 is 23.2 Å². The van der Waals surface area contributed by atoms with Crippen molar-refractivity contribution in [3.8, 4) is 0 Å². The zero-order valence-electron chi connectivity index (χ0n) is 15.4. The molecule has 2 unspecified atom stereocenters. The number of carbonyl (C=O) groups is 5. The van der Waals surface area contributed by atoms with E-state index in [4.69, 9.17) is 33.0 Å². The van der Waals surface area contributed by atoms with E-state index in [-0.39, 0.29) is 15.6 Å². The molecule has 0 heterocycles. The monoisotopic (exact) mass is 448 g/mol. The molecule has 0 spiro atoms. The molecule has 0 saturated carbocycles. The van der Waals surface area contributed by atoms with Crippen LogP contribution < -0.4 is 10.6 Å². The summed E-state index contributed by atoms with van der Waals surface area (Å²) in [5.41, 5.74) is -0.154. The van der Waals surface area contributed by atoms with Crippen LogP contribution in [0.1, 0.15) is 23.7 Å². The number of aliphatic carboxylic acids is 1. The van der Waals surface area contributed by atoms with Crippen LogP contribution in [0.15, 0.2) is 18.2 Å². The Morgan fingerprint density at radius 3 is 2.21 bits per heavy atom. The minimum Gasteiger partial charge on any atom is -0.481 e. The first-order valence-electron chi connectivity index (χ1n) is 8.07. The summed E-state index contributed by atoms with van der Waals surface area (Å²) in [5, 5.41) is 13.3. The number of methoxy groups -OCH3 is 1. The zero-order chi connectivity index (χ0) is 22.1. The summed E-state index contributed by atoms with van der Waals surface area (Å²) in [6, 6.07) is 1.69. The quantitative estimate of drug-likeness (QED) is 0.480. The molecule has 0 aliphatic carbocycles. The van der Waals surface area contributed by atoms with Crippen LogP contribution in [-0.4, -0.2) is 60.6 Å². The van der Waals surface area contributed by atoms with E-state index in [1.54, 1.807) is 0 Å². The van der Waals surface area contributed by atoms with E-state index in [9.17, 15) is 24.0 Å². The van der Waals surface area contributed by atoms with Gasteiger partial charge in [-0.25, -0.2) is 9.59 Å². The SMILES string of the molecule is COC(=O)NC(C)C(=O)NC(CC(=O)O)C(=O)COC(=O)c1c(Cl)cccc1Cl. The molecule has 3 N–H and O–H groups in total. The number of amides is 2. The molecule has 0 aliphatic heterocycles. The Bertz CT molecular complexity index is 794. The lowest BCUT2D eigenvalue weighted by atomic mass is 10.1. The molecule has 0 saturated heterocycles. The number of rotatable bonds is 9. The van der Waals surface area contributed by atoms with Crippen molar-refractivity contribution in [1.82, 2.24) is 10.6 Å². The van der Waals surface area contributed by atoms with Gasteiger partial charge in [0.15, 0.2) is 12.4 Å². The van der Waals surface area contributed by atoms with Crippen molar-refractivity contribution < 1.29 is 38.6 Å². The highest BCUT2D eigenvalue weighted by atomic mass is 35.5. The third-order valence-electron chi connectivity index (χ3n) is 3.51. The lowest BCUT2D eigenvalue weighted by Gasteiger charge is -2.19. The van der Waals surface area contributed by atoms with Crippen LogP contribution in [-0.2, 0) is 23.9 Å². The number of benzene rings is 1. The number of Topliss-reactive ketones (excluding diaryl/α,β-unsaturated/α-hetero) is 1. The number of ketones is 1. The Kier molecular flexibility index (Phi) is 9.36. The highest BCUT2D eigenvalue weighted by Crippen LogP contribution is 2.24. The predicted molar refractivity (Wildman–Crippen MR) is 101 cm³/mol. The van der Waals surface area contributed by atoms with Gasteiger partial charge in [0, 0.05) is 0 Å². The molecule has 1 aromatic rings. The Hall–Kier alpha value is -2.85. The van der Waals surface area contributed by atoms with Gasteiger partial charge in [0.05, 0.1) is 29.1 Å². The van der Waals surface area contributed by atoms with E-state index in [2.05, 4.69) is 15.4 Å². The van der Waals surface area contributed by atoms with E-state index in [1.807, 2.05) is 0 Å². The fourth-order valence-corrected chi connectivity index (χ4v) is 2.57.